The van der Waals surface area contributed by atoms with Gasteiger partial charge in [0.1, 0.15) is 42.9 Å². The van der Waals surface area contributed by atoms with Crippen LogP contribution >= 0.6 is 0 Å². The normalized spacial score (nSPS) is 16.7. The van der Waals surface area contributed by atoms with E-state index in [1.54, 1.807) is 6.07 Å². The lowest BCUT2D eigenvalue weighted by molar-refractivity contribution is -0.0366. The predicted octanol–water partition coefficient (Wildman–Crippen LogP) is 11.9. The Balaban J connectivity index is 1.03. The zero-order valence-corrected chi connectivity index (χ0v) is 34.1. The van der Waals surface area contributed by atoms with Crippen LogP contribution in [0.3, 0.4) is 0 Å². The molecule has 3 heterocycles. The second kappa shape index (κ2) is 21.4. The smallest absolute Gasteiger partial charge is 0.150 e. The monoisotopic (exact) mass is 794 g/mol. The molecular formula is C48H60F2N4O4. The summed E-state index contributed by atoms with van der Waals surface area (Å²) in [5, 5.41) is 5.71. The predicted molar refractivity (Wildman–Crippen MR) is 228 cm³/mol. The van der Waals surface area contributed by atoms with Crippen LogP contribution in [0.5, 0.6) is 17.2 Å². The first-order valence-corrected chi connectivity index (χ1v) is 21.6. The van der Waals surface area contributed by atoms with Crippen LogP contribution in [0.25, 0.3) is 10.9 Å². The van der Waals surface area contributed by atoms with Crippen LogP contribution in [0, 0.1) is 5.82 Å². The zero-order chi connectivity index (χ0) is 39.9. The second-order valence-electron chi connectivity index (χ2n) is 15.9. The summed E-state index contributed by atoms with van der Waals surface area (Å²) >= 11 is 0. The van der Waals surface area contributed by atoms with E-state index >= 15 is 4.39 Å². The van der Waals surface area contributed by atoms with Crippen molar-refractivity contribution in [3.8, 4) is 17.2 Å². The summed E-state index contributed by atoms with van der Waals surface area (Å²) < 4.78 is 54.8. The lowest BCUT2D eigenvalue weighted by Gasteiger charge is -2.39. The number of ether oxygens (including phenoxy) is 4. The third kappa shape index (κ3) is 11.3. The minimum atomic E-state index is -0.361. The van der Waals surface area contributed by atoms with Crippen molar-refractivity contribution in [2.24, 2.45) is 0 Å². The second-order valence-corrected chi connectivity index (χ2v) is 15.9. The SMILES string of the molecule is CN(CCCCCCCCCCCCF)CCOc1cc(F)cc(N2c3cc4cnn(C5CCCCO5)c4cc3OC[C@H]2c2ccc(OCc3ccccc3)cc2)c1. The number of alkyl halides is 1. The minimum absolute atomic E-state index is 0.104. The molecule has 4 aromatic carbocycles. The molecule has 2 aliphatic rings. The van der Waals surface area contributed by atoms with Crippen molar-refractivity contribution in [3.05, 3.63) is 108 Å². The minimum Gasteiger partial charge on any atom is -0.492 e. The molecule has 0 N–H and O–H groups in total. The van der Waals surface area contributed by atoms with Crippen molar-refractivity contribution in [1.82, 2.24) is 14.7 Å². The fraction of sp³-hybridized carbons (Fsp3) is 0.479. The highest BCUT2D eigenvalue weighted by atomic mass is 19.1. The van der Waals surface area contributed by atoms with E-state index in [0.29, 0.717) is 43.4 Å². The number of fused-ring (bicyclic) bond motifs is 2. The van der Waals surface area contributed by atoms with Crippen LogP contribution in [-0.2, 0) is 11.3 Å². The van der Waals surface area contributed by atoms with Crippen molar-refractivity contribution < 1.29 is 27.7 Å². The lowest BCUT2D eigenvalue weighted by atomic mass is 10.0. The van der Waals surface area contributed by atoms with Gasteiger partial charge in [-0.05, 0) is 81.1 Å². The molecule has 310 valence electrons. The zero-order valence-electron chi connectivity index (χ0n) is 34.1. The van der Waals surface area contributed by atoms with E-state index in [2.05, 4.69) is 35.0 Å². The van der Waals surface area contributed by atoms with Crippen molar-refractivity contribution in [3.63, 3.8) is 0 Å². The van der Waals surface area contributed by atoms with Gasteiger partial charge in [-0.3, -0.25) is 4.39 Å². The molecule has 0 aliphatic carbocycles. The Morgan fingerprint density at radius 1 is 0.793 bits per heavy atom. The first kappa shape index (κ1) is 41.5. The summed E-state index contributed by atoms with van der Waals surface area (Å²) in [5.74, 6) is 1.62. The quantitative estimate of drug-likeness (QED) is 0.0647. The highest BCUT2D eigenvalue weighted by Gasteiger charge is 2.32. The summed E-state index contributed by atoms with van der Waals surface area (Å²) in [6.45, 7) is 3.59. The Bertz CT molecular complexity index is 1990. The average molecular weight is 795 g/mol. The molecule has 0 saturated carbocycles. The van der Waals surface area contributed by atoms with Crippen molar-refractivity contribution in [1.29, 1.82) is 0 Å². The third-order valence-electron chi connectivity index (χ3n) is 11.4. The van der Waals surface area contributed by atoms with Gasteiger partial charge in [0.05, 0.1) is 30.1 Å². The lowest BCUT2D eigenvalue weighted by Crippen LogP contribution is -2.33. The summed E-state index contributed by atoms with van der Waals surface area (Å²) in [5.41, 5.74) is 4.59. The average Bonchev–Trinajstić information content (AvgIpc) is 3.67. The number of likely N-dealkylation sites (N-methyl/N-ethyl adjacent to an activating group) is 1. The standard InChI is InChI=1S/C48H60F2N4O4/c1-52(25-15-9-7-5-3-2-4-6-8-14-24-49)26-28-55-43-31-40(50)30-41(32-43)53-45-29-39-34-51-54(48-19-13-16-27-56-48)44(39)33-47(45)58-36-46(53)38-20-22-42(23-21-38)57-35-37-17-11-10-12-18-37/h10-12,17-18,20-23,29-34,46,48H,2-9,13-16,19,24-28,35-36H2,1H3/t46-,48?/m0/s1. The van der Waals surface area contributed by atoms with E-state index in [-0.39, 0.29) is 24.8 Å². The van der Waals surface area contributed by atoms with Crippen molar-refractivity contribution in [2.45, 2.75) is 102 Å². The third-order valence-corrected chi connectivity index (χ3v) is 11.4. The molecule has 2 atom stereocenters. The van der Waals surface area contributed by atoms with Crippen LogP contribution < -0.4 is 19.1 Å². The Hall–Kier alpha value is -4.67. The molecule has 1 saturated heterocycles. The van der Waals surface area contributed by atoms with Crippen LogP contribution in [0.2, 0.25) is 0 Å². The van der Waals surface area contributed by atoms with E-state index in [4.69, 9.17) is 24.0 Å². The van der Waals surface area contributed by atoms with E-state index < -0.39 is 0 Å². The largest absolute Gasteiger partial charge is 0.492 e. The van der Waals surface area contributed by atoms with Crippen LogP contribution in [-0.4, -0.2) is 61.3 Å². The molecule has 8 nitrogen and oxygen atoms in total. The first-order chi connectivity index (χ1) is 28.6. The molecule has 1 aromatic heterocycles. The van der Waals surface area contributed by atoms with Gasteiger partial charge in [-0.1, -0.05) is 93.8 Å². The number of benzene rings is 4. The van der Waals surface area contributed by atoms with E-state index in [0.717, 1.165) is 91.7 Å². The van der Waals surface area contributed by atoms with Crippen molar-refractivity contribution >= 4 is 22.3 Å². The van der Waals surface area contributed by atoms with Gasteiger partial charge in [0.2, 0.25) is 0 Å². The molecule has 0 amide bonds. The van der Waals surface area contributed by atoms with Gasteiger partial charge in [0.25, 0.3) is 0 Å². The Morgan fingerprint density at radius 2 is 1.55 bits per heavy atom. The number of aromatic nitrogens is 2. The van der Waals surface area contributed by atoms with Crippen LogP contribution in [0.15, 0.2) is 91.1 Å². The van der Waals surface area contributed by atoms with Gasteiger partial charge in [-0.25, -0.2) is 9.07 Å². The van der Waals surface area contributed by atoms with Gasteiger partial charge < -0.3 is 28.7 Å². The Morgan fingerprint density at radius 3 is 2.29 bits per heavy atom. The van der Waals surface area contributed by atoms with Crippen LogP contribution in [0.4, 0.5) is 20.2 Å². The summed E-state index contributed by atoms with van der Waals surface area (Å²) in [4.78, 5) is 4.46. The number of unbranched alkanes of at least 4 members (excludes halogenated alkanes) is 9. The number of anilines is 2. The molecule has 1 unspecified atom stereocenters. The number of halogens is 2. The molecular weight excluding hydrogens is 735 g/mol. The molecule has 58 heavy (non-hydrogen) atoms. The maximum Gasteiger partial charge on any atom is 0.150 e. The van der Waals surface area contributed by atoms with E-state index in [9.17, 15) is 4.39 Å². The highest BCUT2D eigenvalue weighted by molar-refractivity contribution is 5.89. The number of hydrogen-bond acceptors (Lipinski definition) is 7. The summed E-state index contributed by atoms with van der Waals surface area (Å²) in [7, 11) is 2.12. The molecule has 0 bridgehead atoms. The molecule has 1 fully saturated rings. The van der Waals surface area contributed by atoms with E-state index in [1.807, 2.05) is 65.5 Å². The Labute approximate surface area is 343 Å². The van der Waals surface area contributed by atoms with Gasteiger partial charge in [-0.2, -0.15) is 5.10 Å². The van der Waals surface area contributed by atoms with Crippen molar-refractivity contribution in [2.75, 3.05) is 51.5 Å². The molecule has 7 rings (SSSR count). The Kier molecular flexibility index (Phi) is 15.3. The number of rotatable bonds is 22. The maximum absolute atomic E-state index is 15.6. The van der Waals surface area contributed by atoms with E-state index in [1.165, 1.54) is 44.6 Å². The molecule has 0 radical (unpaired) electrons. The number of nitrogens with zero attached hydrogens (tertiary/aromatic N) is 4. The molecule has 5 aromatic rings. The molecule has 2 aliphatic heterocycles. The summed E-state index contributed by atoms with van der Waals surface area (Å²) in [6, 6.07) is 27.1. The molecule has 0 spiro atoms. The number of hydrogen-bond donors (Lipinski definition) is 0. The highest BCUT2D eigenvalue weighted by Crippen LogP contribution is 2.47. The first-order valence-electron chi connectivity index (χ1n) is 21.6. The topological polar surface area (TPSA) is 61.2 Å². The maximum atomic E-state index is 15.6. The summed E-state index contributed by atoms with van der Waals surface area (Å²) in [6.07, 6.45) is 16.4. The van der Waals surface area contributed by atoms with Gasteiger partial charge in [0, 0.05) is 42.4 Å². The van der Waals surface area contributed by atoms with Crippen LogP contribution in [0.1, 0.15) is 107 Å². The van der Waals surface area contributed by atoms with Gasteiger partial charge in [0.15, 0.2) is 6.23 Å². The van der Waals surface area contributed by atoms with Gasteiger partial charge >= 0.3 is 0 Å². The fourth-order valence-electron chi connectivity index (χ4n) is 8.11. The van der Waals surface area contributed by atoms with Gasteiger partial charge in [-0.15, -0.1) is 0 Å². The molecule has 10 heteroatoms. The fourth-order valence-corrected chi connectivity index (χ4v) is 8.11.